The van der Waals surface area contributed by atoms with E-state index in [1.54, 1.807) is 49.4 Å². The molecule has 3 aromatic carbocycles. The van der Waals surface area contributed by atoms with Gasteiger partial charge in [-0.2, -0.15) is 0 Å². The number of hydrogen-bond donors (Lipinski definition) is 1. The standard InChI is InChI=1S/C28H31Cl2N3O4S/c1-18-9-13-24(14-10-18)38(36,37)33(26-8-6-7-19(2)20(26)3)17-27(34)32(21(4)28(35)31-5)16-22-11-12-23(29)15-25(22)30/h6-15,21H,16-17H2,1-5H3,(H,31,35)/t21-/m0/s1. The zero-order chi connectivity index (χ0) is 28.2. The van der Waals surface area contributed by atoms with E-state index in [1.165, 1.54) is 24.1 Å². The Morgan fingerprint density at radius 2 is 1.63 bits per heavy atom. The van der Waals surface area contributed by atoms with Gasteiger partial charge in [0.2, 0.25) is 11.8 Å². The fraction of sp³-hybridized carbons (Fsp3) is 0.286. The van der Waals surface area contributed by atoms with E-state index in [0.29, 0.717) is 21.3 Å². The number of amides is 2. The maximum Gasteiger partial charge on any atom is 0.264 e. The van der Waals surface area contributed by atoms with E-state index in [4.69, 9.17) is 23.2 Å². The van der Waals surface area contributed by atoms with Crippen molar-refractivity contribution in [3.63, 3.8) is 0 Å². The summed E-state index contributed by atoms with van der Waals surface area (Å²) in [6.45, 7) is 6.59. The first-order valence-corrected chi connectivity index (χ1v) is 14.2. The van der Waals surface area contributed by atoms with E-state index in [0.717, 1.165) is 21.0 Å². The lowest BCUT2D eigenvalue weighted by Crippen LogP contribution is -2.50. The second-order valence-electron chi connectivity index (χ2n) is 9.09. The highest BCUT2D eigenvalue weighted by Gasteiger charge is 2.33. The number of hydrogen-bond acceptors (Lipinski definition) is 4. The molecule has 0 heterocycles. The van der Waals surface area contributed by atoms with E-state index in [2.05, 4.69) is 5.32 Å². The van der Waals surface area contributed by atoms with Crippen molar-refractivity contribution in [1.82, 2.24) is 10.2 Å². The van der Waals surface area contributed by atoms with Crippen LogP contribution in [0, 0.1) is 20.8 Å². The van der Waals surface area contributed by atoms with E-state index in [-0.39, 0.29) is 11.4 Å². The van der Waals surface area contributed by atoms with Crippen molar-refractivity contribution in [3.8, 4) is 0 Å². The predicted molar refractivity (Wildman–Crippen MR) is 152 cm³/mol. The Bertz CT molecular complexity index is 1440. The Labute approximate surface area is 234 Å². The van der Waals surface area contributed by atoms with Crippen LogP contribution in [-0.2, 0) is 26.2 Å². The third-order valence-electron chi connectivity index (χ3n) is 6.50. The van der Waals surface area contributed by atoms with Crippen molar-refractivity contribution in [2.45, 2.75) is 45.2 Å². The lowest BCUT2D eigenvalue weighted by atomic mass is 10.1. The van der Waals surface area contributed by atoms with Crippen LogP contribution in [0.5, 0.6) is 0 Å². The van der Waals surface area contributed by atoms with Crippen LogP contribution in [0.25, 0.3) is 0 Å². The zero-order valence-corrected chi connectivity index (χ0v) is 24.3. The topological polar surface area (TPSA) is 86.8 Å². The van der Waals surface area contributed by atoms with Crippen molar-refractivity contribution < 1.29 is 18.0 Å². The van der Waals surface area contributed by atoms with E-state index in [9.17, 15) is 18.0 Å². The third-order valence-corrected chi connectivity index (χ3v) is 8.86. The average Bonchev–Trinajstić information content (AvgIpc) is 2.88. The Hall–Kier alpha value is -3.07. The van der Waals surface area contributed by atoms with Gasteiger partial charge in [0.15, 0.2) is 0 Å². The van der Waals surface area contributed by atoms with Crippen molar-refractivity contribution in [1.29, 1.82) is 0 Å². The molecule has 0 aromatic heterocycles. The molecule has 38 heavy (non-hydrogen) atoms. The van der Waals surface area contributed by atoms with Crippen LogP contribution in [0.4, 0.5) is 5.69 Å². The van der Waals surface area contributed by atoms with Crippen LogP contribution >= 0.6 is 23.2 Å². The van der Waals surface area contributed by atoms with Gasteiger partial charge in [0, 0.05) is 23.6 Å². The fourth-order valence-electron chi connectivity index (χ4n) is 3.98. The zero-order valence-electron chi connectivity index (χ0n) is 22.0. The Balaban J connectivity index is 2.09. The van der Waals surface area contributed by atoms with Gasteiger partial charge in [0.25, 0.3) is 10.0 Å². The first kappa shape index (κ1) is 29.5. The SMILES string of the molecule is CNC(=O)[C@H](C)N(Cc1ccc(Cl)cc1Cl)C(=O)CN(c1cccc(C)c1C)S(=O)(=O)c1ccc(C)cc1. The Morgan fingerprint density at radius 1 is 0.974 bits per heavy atom. The molecule has 2 amide bonds. The molecule has 3 rings (SSSR count). The molecule has 0 saturated carbocycles. The summed E-state index contributed by atoms with van der Waals surface area (Å²) in [7, 11) is -2.66. The smallest absolute Gasteiger partial charge is 0.264 e. The van der Waals surface area contributed by atoms with Gasteiger partial charge in [-0.3, -0.25) is 13.9 Å². The third kappa shape index (κ3) is 6.49. The van der Waals surface area contributed by atoms with Crippen LogP contribution in [-0.4, -0.2) is 44.8 Å². The number of halogens is 2. The number of aryl methyl sites for hydroxylation is 2. The summed E-state index contributed by atoms with van der Waals surface area (Å²) in [5.41, 5.74) is 3.46. The summed E-state index contributed by atoms with van der Waals surface area (Å²) < 4.78 is 28.9. The summed E-state index contributed by atoms with van der Waals surface area (Å²) in [5.74, 6) is -0.966. The molecule has 0 aliphatic heterocycles. The maximum absolute atomic E-state index is 13.9. The van der Waals surface area contributed by atoms with Crippen molar-refractivity contribution in [3.05, 3.63) is 93.0 Å². The monoisotopic (exact) mass is 575 g/mol. The normalized spacial score (nSPS) is 12.1. The first-order chi connectivity index (χ1) is 17.9. The van der Waals surface area contributed by atoms with E-state index >= 15 is 0 Å². The van der Waals surface area contributed by atoms with Crippen LogP contribution in [0.1, 0.15) is 29.2 Å². The van der Waals surface area contributed by atoms with Crippen molar-refractivity contribution in [2.24, 2.45) is 0 Å². The molecule has 7 nitrogen and oxygen atoms in total. The minimum absolute atomic E-state index is 0.0192. The average molecular weight is 577 g/mol. The number of benzene rings is 3. The number of anilines is 1. The minimum Gasteiger partial charge on any atom is -0.357 e. The molecule has 0 bridgehead atoms. The molecule has 0 saturated heterocycles. The van der Waals surface area contributed by atoms with Gasteiger partial charge in [0.05, 0.1) is 10.6 Å². The molecule has 1 atom stereocenters. The van der Waals surface area contributed by atoms with Gasteiger partial charge in [0.1, 0.15) is 12.6 Å². The summed E-state index contributed by atoms with van der Waals surface area (Å²) in [5, 5.41) is 3.32. The van der Waals surface area contributed by atoms with Gasteiger partial charge < -0.3 is 10.2 Å². The molecule has 0 fully saturated rings. The molecule has 0 aliphatic rings. The Kier molecular flexibility index (Phi) is 9.46. The number of sulfonamides is 1. The quantitative estimate of drug-likeness (QED) is 0.376. The molecular weight excluding hydrogens is 545 g/mol. The molecule has 3 aromatic rings. The van der Waals surface area contributed by atoms with Crippen LogP contribution in [0.2, 0.25) is 10.0 Å². The minimum atomic E-state index is -4.14. The van der Waals surface area contributed by atoms with Gasteiger partial charge in [-0.05, 0) is 74.7 Å². The fourth-order valence-corrected chi connectivity index (χ4v) is 5.92. The lowest BCUT2D eigenvalue weighted by molar-refractivity contribution is -0.139. The van der Waals surface area contributed by atoms with Crippen LogP contribution in [0.15, 0.2) is 65.6 Å². The van der Waals surface area contributed by atoms with Crippen LogP contribution in [0.3, 0.4) is 0 Å². The number of carbonyl (C=O) groups excluding carboxylic acids is 2. The molecule has 202 valence electrons. The van der Waals surface area contributed by atoms with Crippen LogP contribution < -0.4 is 9.62 Å². The maximum atomic E-state index is 13.9. The predicted octanol–water partition coefficient (Wildman–Crippen LogP) is 5.28. The number of nitrogens with one attached hydrogen (secondary N) is 1. The highest BCUT2D eigenvalue weighted by Crippen LogP contribution is 2.30. The van der Waals surface area contributed by atoms with E-state index < -0.39 is 34.4 Å². The van der Waals surface area contributed by atoms with Crippen molar-refractivity contribution in [2.75, 3.05) is 17.9 Å². The molecule has 10 heteroatoms. The van der Waals surface area contributed by atoms with Gasteiger partial charge in [-0.15, -0.1) is 0 Å². The number of likely N-dealkylation sites (N-methyl/N-ethyl adjacent to an activating group) is 1. The summed E-state index contributed by atoms with van der Waals surface area (Å²) in [4.78, 5) is 27.8. The Morgan fingerprint density at radius 3 is 2.24 bits per heavy atom. The molecular formula is C28H31Cl2N3O4S. The molecule has 0 aliphatic carbocycles. The summed E-state index contributed by atoms with van der Waals surface area (Å²) >= 11 is 12.4. The second kappa shape index (κ2) is 12.2. The van der Waals surface area contributed by atoms with Gasteiger partial charge >= 0.3 is 0 Å². The highest BCUT2D eigenvalue weighted by molar-refractivity contribution is 7.92. The van der Waals surface area contributed by atoms with Gasteiger partial charge in [-0.1, -0.05) is 59.1 Å². The summed E-state index contributed by atoms with van der Waals surface area (Å²) in [6.07, 6.45) is 0. The number of carbonyl (C=O) groups is 2. The second-order valence-corrected chi connectivity index (χ2v) is 11.8. The van der Waals surface area contributed by atoms with Crippen molar-refractivity contribution >= 4 is 50.7 Å². The molecule has 1 N–H and O–H groups in total. The molecule has 0 unspecified atom stereocenters. The highest BCUT2D eigenvalue weighted by atomic mass is 35.5. The number of nitrogens with zero attached hydrogens (tertiary/aromatic N) is 2. The van der Waals surface area contributed by atoms with E-state index in [1.807, 2.05) is 26.8 Å². The largest absolute Gasteiger partial charge is 0.357 e. The van der Waals surface area contributed by atoms with Gasteiger partial charge in [-0.25, -0.2) is 8.42 Å². The summed E-state index contributed by atoms with van der Waals surface area (Å²) in [6, 6.07) is 15.7. The molecule has 0 spiro atoms. The lowest BCUT2D eigenvalue weighted by Gasteiger charge is -2.32. The first-order valence-electron chi connectivity index (χ1n) is 12.0. The number of rotatable bonds is 9. The molecule has 0 radical (unpaired) electrons.